The summed E-state index contributed by atoms with van der Waals surface area (Å²) in [7, 11) is 0. The molecule has 1 aliphatic heterocycles. The smallest absolute Gasteiger partial charge is 0.278 e. The summed E-state index contributed by atoms with van der Waals surface area (Å²) in [6.45, 7) is 4.37. The molecule has 1 N–H and O–H groups in total. The summed E-state index contributed by atoms with van der Waals surface area (Å²) in [6.07, 6.45) is 5.11. The predicted molar refractivity (Wildman–Crippen MR) is 110 cm³/mol. The number of benzene rings is 2. The lowest BCUT2D eigenvalue weighted by atomic mass is 9.72. The summed E-state index contributed by atoms with van der Waals surface area (Å²) < 4.78 is 5.64. The summed E-state index contributed by atoms with van der Waals surface area (Å²) >= 11 is 0. The molecule has 0 aliphatic carbocycles. The van der Waals surface area contributed by atoms with Crippen LogP contribution in [0.5, 0.6) is 0 Å². The van der Waals surface area contributed by atoms with Crippen LogP contribution in [-0.4, -0.2) is 29.7 Å². The third-order valence-electron chi connectivity index (χ3n) is 5.78. The zero-order valence-corrected chi connectivity index (χ0v) is 15.9. The maximum atomic E-state index is 11.3. The third kappa shape index (κ3) is 3.31. The number of aromatic nitrogens is 1. The Labute approximate surface area is 163 Å². The molecule has 0 radical (unpaired) electrons. The highest BCUT2D eigenvalue weighted by molar-refractivity contribution is 5.99. The summed E-state index contributed by atoms with van der Waals surface area (Å²) in [6, 6.07) is 13.7. The van der Waals surface area contributed by atoms with Gasteiger partial charge in [0.1, 0.15) is 0 Å². The summed E-state index contributed by atoms with van der Waals surface area (Å²) in [5.74, 6) is 0. The molecule has 144 valence electrons. The van der Waals surface area contributed by atoms with Crippen LogP contribution in [0.1, 0.15) is 24.0 Å². The molecule has 28 heavy (non-hydrogen) atoms. The predicted octanol–water partition coefficient (Wildman–Crippen LogP) is 4.61. The largest absolute Gasteiger partial charge is 0.384 e. The van der Waals surface area contributed by atoms with Crippen molar-refractivity contribution >= 4 is 22.1 Å². The van der Waals surface area contributed by atoms with E-state index < -0.39 is 0 Å². The van der Waals surface area contributed by atoms with Gasteiger partial charge in [0.15, 0.2) is 0 Å². The van der Waals surface area contributed by atoms with E-state index >= 15 is 0 Å². The second kappa shape index (κ2) is 7.56. The van der Waals surface area contributed by atoms with Crippen LogP contribution in [-0.2, 0) is 10.2 Å². The Bertz CT molecular complexity index is 1010. The molecule has 4 rings (SSSR count). The third-order valence-corrected chi connectivity index (χ3v) is 5.78. The van der Waals surface area contributed by atoms with Gasteiger partial charge in [-0.25, -0.2) is 0 Å². The first-order chi connectivity index (χ1) is 13.6. The molecule has 3 aromatic rings. The molecule has 6 heteroatoms. The van der Waals surface area contributed by atoms with Crippen LogP contribution in [0.4, 0.5) is 11.4 Å². The highest BCUT2D eigenvalue weighted by atomic mass is 16.6. The van der Waals surface area contributed by atoms with Crippen LogP contribution in [0.3, 0.4) is 0 Å². The molecule has 1 fully saturated rings. The molecule has 0 amide bonds. The van der Waals surface area contributed by atoms with Gasteiger partial charge in [-0.1, -0.05) is 24.3 Å². The Morgan fingerprint density at radius 2 is 1.93 bits per heavy atom. The molecule has 6 nitrogen and oxygen atoms in total. The van der Waals surface area contributed by atoms with E-state index in [9.17, 15) is 10.1 Å². The second-order valence-corrected chi connectivity index (χ2v) is 7.37. The number of nitro benzene ring substituents is 1. The number of rotatable bonds is 5. The van der Waals surface area contributed by atoms with Gasteiger partial charge >= 0.3 is 0 Å². The van der Waals surface area contributed by atoms with Gasteiger partial charge in [0.25, 0.3) is 5.69 Å². The van der Waals surface area contributed by atoms with Crippen LogP contribution in [0.25, 0.3) is 10.8 Å². The molecular formula is C22H23N3O3. The Kier molecular flexibility index (Phi) is 4.96. The monoisotopic (exact) mass is 377 g/mol. The van der Waals surface area contributed by atoms with Crippen molar-refractivity contribution in [1.82, 2.24) is 4.98 Å². The number of hydrogen-bond acceptors (Lipinski definition) is 5. The quantitative estimate of drug-likeness (QED) is 0.519. The summed E-state index contributed by atoms with van der Waals surface area (Å²) in [5.41, 5.74) is 3.57. The number of non-ortho nitro benzene ring substituents is 1. The Balaban J connectivity index is 1.70. The molecular weight excluding hydrogens is 354 g/mol. The SMILES string of the molecule is Cc1ccccc1C1(CNc2ccc([N+](=O)[O-])c3cnccc23)CCOCC1. The van der Waals surface area contributed by atoms with E-state index in [0.29, 0.717) is 5.39 Å². The zero-order valence-electron chi connectivity index (χ0n) is 15.9. The molecule has 0 saturated carbocycles. The number of anilines is 1. The topological polar surface area (TPSA) is 77.3 Å². The van der Waals surface area contributed by atoms with E-state index in [0.717, 1.165) is 43.7 Å². The maximum absolute atomic E-state index is 11.3. The average molecular weight is 377 g/mol. The molecule has 1 saturated heterocycles. The van der Waals surface area contributed by atoms with Crippen LogP contribution < -0.4 is 5.32 Å². The molecule has 1 aromatic heterocycles. The van der Waals surface area contributed by atoms with E-state index in [2.05, 4.69) is 41.5 Å². The molecule has 2 heterocycles. The van der Waals surface area contributed by atoms with Crippen molar-refractivity contribution in [3.05, 3.63) is 76.1 Å². The number of hydrogen-bond donors (Lipinski definition) is 1. The van der Waals surface area contributed by atoms with Crippen molar-refractivity contribution in [2.45, 2.75) is 25.2 Å². The van der Waals surface area contributed by atoms with Gasteiger partial charge in [0.05, 0.1) is 10.3 Å². The van der Waals surface area contributed by atoms with Gasteiger partial charge < -0.3 is 10.1 Å². The van der Waals surface area contributed by atoms with E-state index in [1.165, 1.54) is 11.1 Å². The fourth-order valence-corrected chi connectivity index (χ4v) is 4.22. The molecule has 0 bridgehead atoms. The van der Waals surface area contributed by atoms with E-state index in [1.807, 2.05) is 6.07 Å². The minimum absolute atomic E-state index is 0.0231. The fourth-order valence-electron chi connectivity index (χ4n) is 4.22. The Hall–Kier alpha value is -2.99. The minimum Gasteiger partial charge on any atom is -0.384 e. The molecule has 0 spiro atoms. The summed E-state index contributed by atoms with van der Waals surface area (Å²) in [4.78, 5) is 15.1. The summed E-state index contributed by atoms with van der Waals surface area (Å²) in [5, 5.41) is 16.3. The Morgan fingerprint density at radius 1 is 1.14 bits per heavy atom. The van der Waals surface area contributed by atoms with E-state index in [4.69, 9.17) is 4.74 Å². The normalized spacial score (nSPS) is 16.0. The number of ether oxygens (including phenoxy) is 1. The van der Waals surface area contributed by atoms with Gasteiger partial charge in [0, 0.05) is 54.7 Å². The van der Waals surface area contributed by atoms with Crippen molar-refractivity contribution < 1.29 is 9.66 Å². The number of pyridine rings is 1. The van der Waals surface area contributed by atoms with Crippen molar-refractivity contribution in [2.24, 2.45) is 0 Å². The molecule has 0 atom stereocenters. The Morgan fingerprint density at radius 3 is 2.68 bits per heavy atom. The standard InChI is InChI=1S/C22H23N3O3/c1-16-4-2-3-5-19(16)22(9-12-28-13-10-22)15-24-20-6-7-21(25(26)27)18-14-23-11-8-17(18)20/h2-8,11,14,24H,9-10,12-13,15H2,1H3. The molecule has 1 aliphatic rings. The lowest BCUT2D eigenvalue weighted by molar-refractivity contribution is -0.383. The first-order valence-corrected chi connectivity index (χ1v) is 9.50. The van der Waals surface area contributed by atoms with Crippen LogP contribution in [0.2, 0.25) is 0 Å². The van der Waals surface area contributed by atoms with Crippen molar-refractivity contribution in [2.75, 3.05) is 25.1 Å². The van der Waals surface area contributed by atoms with Crippen molar-refractivity contribution in [3.63, 3.8) is 0 Å². The number of nitro groups is 1. The van der Waals surface area contributed by atoms with Crippen molar-refractivity contribution in [1.29, 1.82) is 0 Å². The molecule has 0 unspecified atom stereocenters. The van der Waals surface area contributed by atoms with Crippen molar-refractivity contribution in [3.8, 4) is 0 Å². The number of fused-ring (bicyclic) bond motifs is 1. The maximum Gasteiger partial charge on any atom is 0.278 e. The highest BCUT2D eigenvalue weighted by Gasteiger charge is 2.35. The fraction of sp³-hybridized carbons (Fsp3) is 0.318. The van der Waals surface area contributed by atoms with Crippen LogP contribution in [0.15, 0.2) is 54.9 Å². The van der Waals surface area contributed by atoms with Gasteiger partial charge in [-0.2, -0.15) is 0 Å². The second-order valence-electron chi connectivity index (χ2n) is 7.37. The number of nitrogens with one attached hydrogen (secondary N) is 1. The van der Waals surface area contributed by atoms with E-state index in [-0.39, 0.29) is 16.0 Å². The van der Waals surface area contributed by atoms with Crippen LogP contribution >= 0.6 is 0 Å². The zero-order chi connectivity index (χ0) is 19.6. The highest BCUT2D eigenvalue weighted by Crippen LogP contribution is 2.38. The average Bonchev–Trinajstić information content (AvgIpc) is 2.72. The van der Waals surface area contributed by atoms with Gasteiger partial charge in [-0.3, -0.25) is 15.1 Å². The lowest BCUT2D eigenvalue weighted by Gasteiger charge is -2.39. The minimum atomic E-state index is -0.360. The first kappa shape index (κ1) is 18.4. The number of aryl methyl sites for hydroxylation is 1. The van der Waals surface area contributed by atoms with Gasteiger partial charge in [-0.05, 0) is 43.0 Å². The molecule has 2 aromatic carbocycles. The van der Waals surface area contributed by atoms with Gasteiger partial charge in [-0.15, -0.1) is 0 Å². The van der Waals surface area contributed by atoms with E-state index in [1.54, 1.807) is 24.5 Å². The first-order valence-electron chi connectivity index (χ1n) is 9.50. The lowest BCUT2D eigenvalue weighted by Crippen LogP contribution is -2.40. The van der Waals surface area contributed by atoms with Crippen LogP contribution in [0, 0.1) is 17.0 Å². The number of nitrogens with zero attached hydrogens (tertiary/aromatic N) is 2. The van der Waals surface area contributed by atoms with Gasteiger partial charge in [0.2, 0.25) is 0 Å².